The average Bonchev–Trinajstić information content (AvgIpc) is 2.24. The zero-order valence-electron chi connectivity index (χ0n) is 9.32. The van der Waals surface area contributed by atoms with Crippen molar-refractivity contribution in [1.29, 1.82) is 0 Å². The van der Waals surface area contributed by atoms with Gasteiger partial charge in [0.05, 0.1) is 6.54 Å². The SMILES string of the molecule is C[C@H](CC#CSI)NCC(F)(F)COS(=O)(=O)O. The standard InChI is InChI=1S/C8H12F2INO4S2/c1-7(3-2-4-17-11)12-5-8(9,10)6-16-18(13,14)15/h7,12H,3,5-6H2,1H3,(H,13,14,15)/t7-/m1/s1. The minimum Gasteiger partial charge on any atom is -0.308 e. The molecule has 1 atom stereocenters. The Morgan fingerprint density at radius 2 is 2.22 bits per heavy atom. The first-order valence-corrected chi connectivity index (χ1v) is 9.37. The molecule has 0 aromatic carbocycles. The molecule has 5 nitrogen and oxygen atoms in total. The molecule has 0 saturated carbocycles. The van der Waals surface area contributed by atoms with Crippen LogP contribution in [0.1, 0.15) is 13.3 Å². The topological polar surface area (TPSA) is 75.6 Å². The van der Waals surface area contributed by atoms with Crippen molar-refractivity contribution in [2.45, 2.75) is 25.3 Å². The summed E-state index contributed by atoms with van der Waals surface area (Å²) in [5.74, 6) is -0.635. The molecule has 0 fully saturated rings. The van der Waals surface area contributed by atoms with E-state index >= 15 is 0 Å². The van der Waals surface area contributed by atoms with Crippen LogP contribution in [0.15, 0.2) is 0 Å². The first kappa shape index (κ1) is 18.3. The van der Waals surface area contributed by atoms with Crippen LogP contribution in [-0.2, 0) is 14.6 Å². The maximum Gasteiger partial charge on any atom is 0.397 e. The van der Waals surface area contributed by atoms with E-state index in [-0.39, 0.29) is 6.04 Å². The number of rotatable bonds is 7. The van der Waals surface area contributed by atoms with E-state index in [0.29, 0.717) is 6.42 Å². The van der Waals surface area contributed by atoms with Crippen LogP contribution >= 0.6 is 30.1 Å². The second-order valence-electron chi connectivity index (χ2n) is 3.39. The van der Waals surface area contributed by atoms with E-state index in [9.17, 15) is 17.2 Å². The summed E-state index contributed by atoms with van der Waals surface area (Å²) in [4.78, 5) is 0. The molecule has 0 aromatic heterocycles. The van der Waals surface area contributed by atoms with E-state index in [4.69, 9.17) is 4.55 Å². The van der Waals surface area contributed by atoms with Gasteiger partial charge in [0.25, 0.3) is 5.92 Å². The molecule has 0 spiro atoms. The van der Waals surface area contributed by atoms with Crippen LogP contribution in [0.4, 0.5) is 8.78 Å². The van der Waals surface area contributed by atoms with Gasteiger partial charge in [-0.1, -0.05) is 5.92 Å². The molecule has 0 rings (SSSR count). The Hall–Kier alpha value is 0.330. The van der Waals surface area contributed by atoms with Gasteiger partial charge in [0, 0.05) is 33.7 Å². The third kappa shape index (κ3) is 11.4. The fourth-order valence-corrected chi connectivity index (χ4v) is 1.76. The molecule has 106 valence electrons. The van der Waals surface area contributed by atoms with Crippen LogP contribution in [0.5, 0.6) is 0 Å². The predicted molar refractivity (Wildman–Crippen MR) is 73.9 cm³/mol. The third-order valence-electron chi connectivity index (χ3n) is 1.65. The van der Waals surface area contributed by atoms with E-state index in [1.165, 1.54) is 8.93 Å². The number of alkyl halides is 2. The number of nitrogens with one attached hydrogen (secondary N) is 1. The highest BCUT2D eigenvalue weighted by Gasteiger charge is 2.31. The minimum atomic E-state index is -4.85. The lowest BCUT2D eigenvalue weighted by Gasteiger charge is -2.18. The molecule has 0 unspecified atom stereocenters. The summed E-state index contributed by atoms with van der Waals surface area (Å²) in [6, 6.07) is -0.266. The molecule has 0 aliphatic rings. The van der Waals surface area contributed by atoms with Crippen molar-refractivity contribution < 1.29 is 25.9 Å². The second kappa shape index (κ2) is 8.49. The zero-order valence-corrected chi connectivity index (χ0v) is 13.1. The van der Waals surface area contributed by atoms with E-state index in [0.717, 1.165) is 0 Å². The van der Waals surface area contributed by atoms with Gasteiger partial charge in [0.2, 0.25) is 0 Å². The van der Waals surface area contributed by atoms with Crippen molar-refractivity contribution in [2.24, 2.45) is 0 Å². The van der Waals surface area contributed by atoms with Gasteiger partial charge in [-0.15, -0.1) is 0 Å². The van der Waals surface area contributed by atoms with Gasteiger partial charge >= 0.3 is 10.4 Å². The van der Waals surface area contributed by atoms with Crippen LogP contribution < -0.4 is 5.32 Å². The molecule has 0 aliphatic carbocycles. The van der Waals surface area contributed by atoms with Gasteiger partial charge in [-0.2, -0.15) is 8.42 Å². The number of hydrogen-bond donors (Lipinski definition) is 2. The normalized spacial score (nSPS) is 13.8. The van der Waals surface area contributed by atoms with Crippen molar-refractivity contribution in [1.82, 2.24) is 5.32 Å². The van der Waals surface area contributed by atoms with Crippen molar-refractivity contribution in [2.75, 3.05) is 13.2 Å². The first-order chi connectivity index (χ1) is 8.16. The molecular weight excluding hydrogens is 403 g/mol. The van der Waals surface area contributed by atoms with E-state index in [1.807, 2.05) is 21.2 Å². The van der Waals surface area contributed by atoms with Gasteiger partial charge in [0.15, 0.2) is 0 Å². The smallest absolute Gasteiger partial charge is 0.308 e. The fraction of sp³-hybridized carbons (Fsp3) is 0.750. The minimum absolute atomic E-state index is 0.266. The molecule has 18 heavy (non-hydrogen) atoms. The summed E-state index contributed by atoms with van der Waals surface area (Å²) in [5.41, 5.74) is 0. The third-order valence-corrected chi connectivity index (χ3v) is 2.94. The van der Waals surface area contributed by atoms with Crippen molar-refractivity contribution >= 4 is 40.5 Å². The van der Waals surface area contributed by atoms with Crippen LogP contribution in [-0.4, -0.2) is 38.1 Å². The number of hydrogen-bond acceptors (Lipinski definition) is 5. The maximum absolute atomic E-state index is 13.1. The molecule has 0 bridgehead atoms. The predicted octanol–water partition coefficient (Wildman–Crippen LogP) is 1.85. The fourth-order valence-electron chi connectivity index (χ4n) is 0.829. The molecule has 0 radical (unpaired) electrons. The Bertz CT molecular complexity index is 407. The Labute approximate surface area is 121 Å². The van der Waals surface area contributed by atoms with E-state index in [1.54, 1.807) is 6.92 Å². The average molecular weight is 415 g/mol. The van der Waals surface area contributed by atoms with Crippen molar-refractivity contribution in [3.05, 3.63) is 0 Å². The highest BCUT2D eigenvalue weighted by Crippen LogP contribution is 2.14. The Balaban J connectivity index is 4.02. The van der Waals surface area contributed by atoms with Gasteiger partial charge in [-0.3, -0.25) is 4.55 Å². The molecule has 0 saturated heterocycles. The van der Waals surface area contributed by atoms with Gasteiger partial charge in [0.1, 0.15) is 6.61 Å². The molecular formula is C8H12F2INO4S2. The summed E-state index contributed by atoms with van der Waals surface area (Å²) >= 11 is 1.99. The first-order valence-electron chi connectivity index (χ1n) is 4.65. The van der Waals surface area contributed by atoms with Gasteiger partial charge < -0.3 is 5.32 Å². The molecule has 0 heterocycles. The lowest BCUT2D eigenvalue weighted by Crippen LogP contribution is -2.41. The Morgan fingerprint density at radius 1 is 1.61 bits per heavy atom. The molecule has 2 N–H and O–H groups in total. The van der Waals surface area contributed by atoms with Crippen LogP contribution in [0.2, 0.25) is 0 Å². The van der Waals surface area contributed by atoms with Crippen LogP contribution in [0.3, 0.4) is 0 Å². The summed E-state index contributed by atoms with van der Waals surface area (Å²) in [6.07, 6.45) is 0.394. The Morgan fingerprint density at radius 3 is 2.72 bits per heavy atom. The summed E-state index contributed by atoms with van der Waals surface area (Å²) < 4.78 is 58.3. The number of halogens is 3. The lowest BCUT2D eigenvalue weighted by molar-refractivity contribution is -0.0414. The summed E-state index contributed by atoms with van der Waals surface area (Å²) in [7, 11) is -3.55. The summed E-state index contributed by atoms with van der Waals surface area (Å²) in [6.45, 7) is -0.490. The molecule has 0 aliphatic heterocycles. The van der Waals surface area contributed by atoms with Gasteiger partial charge in [-0.25, -0.2) is 13.0 Å². The maximum atomic E-state index is 13.1. The largest absolute Gasteiger partial charge is 0.397 e. The van der Waals surface area contributed by atoms with E-state index in [2.05, 4.69) is 20.7 Å². The summed E-state index contributed by atoms with van der Waals surface area (Å²) in [5, 5.41) is 5.21. The molecule has 0 aromatic rings. The Kier molecular flexibility index (Phi) is 8.65. The lowest BCUT2D eigenvalue weighted by atomic mass is 10.2. The van der Waals surface area contributed by atoms with E-state index < -0.39 is 29.5 Å². The molecule has 0 amide bonds. The van der Waals surface area contributed by atoms with Crippen molar-refractivity contribution in [3.8, 4) is 11.2 Å². The highest BCUT2D eigenvalue weighted by molar-refractivity contribution is 14.2. The quantitative estimate of drug-likeness (QED) is 0.376. The van der Waals surface area contributed by atoms with Crippen LogP contribution in [0, 0.1) is 11.2 Å². The monoisotopic (exact) mass is 415 g/mol. The zero-order chi connectivity index (χ0) is 14.2. The van der Waals surface area contributed by atoms with Gasteiger partial charge in [-0.05, 0) is 21.1 Å². The molecule has 10 heteroatoms. The van der Waals surface area contributed by atoms with Crippen molar-refractivity contribution in [3.63, 3.8) is 0 Å². The highest BCUT2D eigenvalue weighted by atomic mass is 127. The second-order valence-corrected chi connectivity index (χ2v) is 6.16. The van der Waals surface area contributed by atoms with Crippen LogP contribution in [0.25, 0.3) is 0 Å².